The molecule has 1 amide bonds. The van der Waals surface area contributed by atoms with Gasteiger partial charge in [-0.05, 0) is 32.0 Å². The summed E-state index contributed by atoms with van der Waals surface area (Å²) in [6.45, 7) is 0. The standard InChI is InChI=1S/C13H16N2OS/c1-14-10-8-17-12-5-3-2-4-11(12)15(13(10)16)9-6-7-9/h2-5,9-10,14H,6-8H2,1H3. The van der Waals surface area contributed by atoms with Crippen molar-refractivity contribution in [2.75, 3.05) is 17.7 Å². The molecule has 4 heteroatoms. The molecule has 1 aromatic rings. The first kappa shape index (κ1) is 11.1. The molecule has 1 unspecified atom stereocenters. The minimum absolute atomic E-state index is 0.0620. The third kappa shape index (κ3) is 1.96. The van der Waals surface area contributed by atoms with Gasteiger partial charge in [-0.3, -0.25) is 4.79 Å². The number of anilines is 1. The van der Waals surface area contributed by atoms with Crippen molar-refractivity contribution in [3.05, 3.63) is 24.3 Å². The van der Waals surface area contributed by atoms with Crippen LogP contribution in [0.1, 0.15) is 12.8 Å². The molecule has 17 heavy (non-hydrogen) atoms. The number of rotatable bonds is 2. The van der Waals surface area contributed by atoms with Crippen LogP contribution in [0, 0.1) is 0 Å². The molecule has 1 aromatic carbocycles. The van der Waals surface area contributed by atoms with Crippen molar-refractivity contribution >= 4 is 23.4 Å². The van der Waals surface area contributed by atoms with Crippen LogP contribution >= 0.6 is 11.8 Å². The van der Waals surface area contributed by atoms with Gasteiger partial charge in [-0.1, -0.05) is 12.1 Å². The van der Waals surface area contributed by atoms with Gasteiger partial charge < -0.3 is 10.2 Å². The highest BCUT2D eigenvalue weighted by molar-refractivity contribution is 7.99. The first-order chi connectivity index (χ1) is 8.31. The number of carbonyl (C=O) groups is 1. The molecule has 3 nitrogen and oxygen atoms in total. The van der Waals surface area contributed by atoms with Crippen LogP contribution in [0.2, 0.25) is 0 Å². The number of hydrogen-bond acceptors (Lipinski definition) is 3. The highest BCUT2D eigenvalue weighted by Gasteiger charge is 2.39. The number of amides is 1. The van der Waals surface area contributed by atoms with Gasteiger partial charge in [0, 0.05) is 16.7 Å². The maximum absolute atomic E-state index is 12.5. The fraction of sp³-hybridized carbons (Fsp3) is 0.462. The van der Waals surface area contributed by atoms with Gasteiger partial charge in [0.1, 0.15) is 0 Å². The summed E-state index contributed by atoms with van der Waals surface area (Å²) in [5.41, 5.74) is 1.10. The van der Waals surface area contributed by atoms with Gasteiger partial charge in [-0.25, -0.2) is 0 Å². The smallest absolute Gasteiger partial charge is 0.245 e. The van der Waals surface area contributed by atoms with Crippen LogP contribution in [0.25, 0.3) is 0 Å². The minimum Gasteiger partial charge on any atom is -0.308 e. The minimum atomic E-state index is -0.0620. The van der Waals surface area contributed by atoms with E-state index in [9.17, 15) is 4.79 Å². The molecular weight excluding hydrogens is 232 g/mol. The van der Waals surface area contributed by atoms with Gasteiger partial charge >= 0.3 is 0 Å². The van der Waals surface area contributed by atoms with E-state index in [-0.39, 0.29) is 11.9 Å². The molecule has 0 bridgehead atoms. The van der Waals surface area contributed by atoms with Crippen molar-refractivity contribution in [3.8, 4) is 0 Å². The Balaban J connectivity index is 2.03. The van der Waals surface area contributed by atoms with Crippen molar-refractivity contribution in [1.82, 2.24) is 5.32 Å². The van der Waals surface area contributed by atoms with Gasteiger partial charge in [0.2, 0.25) is 5.91 Å². The molecule has 1 aliphatic carbocycles. The molecule has 90 valence electrons. The molecule has 3 rings (SSSR count). The van der Waals surface area contributed by atoms with Crippen molar-refractivity contribution in [2.24, 2.45) is 0 Å². The first-order valence-electron chi connectivity index (χ1n) is 6.03. The van der Waals surface area contributed by atoms with E-state index in [1.165, 1.54) is 4.90 Å². The van der Waals surface area contributed by atoms with Gasteiger partial charge in [0.15, 0.2) is 0 Å². The van der Waals surface area contributed by atoms with E-state index >= 15 is 0 Å². The molecule has 1 N–H and O–H groups in total. The number of benzene rings is 1. The van der Waals surface area contributed by atoms with E-state index < -0.39 is 0 Å². The fourth-order valence-electron chi connectivity index (χ4n) is 2.23. The molecule has 0 aromatic heterocycles. The summed E-state index contributed by atoms with van der Waals surface area (Å²) in [5.74, 6) is 1.04. The quantitative estimate of drug-likeness (QED) is 0.867. The lowest BCUT2D eigenvalue weighted by Gasteiger charge is -2.25. The van der Waals surface area contributed by atoms with Crippen molar-refractivity contribution in [1.29, 1.82) is 0 Å². The van der Waals surface area contributed by atoms with E-state index in [1.807, 2.05) is 24.1 Å². The second kappa shape index (κ2) is 4.35. The van der Waals surface area contributed by atoms with E-state index in [1.54, 1.807) is 11.8 Å². The van der Waals surface area contributed by atoms with Gasteiger partial charge in [-0.2, -0.15) is 0 Å². The highest BCUT2D eigenvalue weighted by atomic mass is 32.2. The second-order valence-corrected chi connectivity index (χ2v) is 5.62. The number of thioether (sulfide) groups is 1. The van der Waals surface area contributed by atoms with E-state index in [0.717, 1.165) is 24.3 Å². The molecular formula is C13H16N2OS. The van der Waals surface area contributed by atoms with Crippen LogP contribution in [-0.2, 0) is 4.79 Å². The summed E-state index contributed by atoms with van der Waals surface area (Å²) in [6.07, 6.45) is 2.28. The van der Waals surface area contributed by atoms with Crippen LogP contribution < -0.4 is 10.2 Å². The van der Waals surface area contributed by atoms with E-state index in [0.29, 0.717) is 6.04 Å². The Hall–Kier alpha value is -1.00. The Morgan fingerprint density at radius 3 is 2.82 bits per heavy atom. The van der Waals surface area contributed by atoms with E-state index in [2.05, 4.69) is 17.4 Å². The lowest BCUT2D eigenvalue weighted by molar-refractivity contribution is -0.120. The molecule has 1 atom stereocenters. The maximum Gasteiger partial charge on any atom is 0.245 e. The van der Waals surface area contributed by atoms with Crippen molar-refractivity contribution in [3.63, 3.8) is 0 Å². The zero-order chi connectivity index (χ0) is 11.8. The average Bonchev–Trinajstić information content (AvgIpc) is 3.16. The van der Waals surface area contributed by atoms with Gasteiger partial charge in [0.05, 0.1) is 11.7 Å². The van der Waals surface area contributed by atoms with Crippen molar-refractivity contribution in [2.45, 2.75) is 29.8 Å². The summed E-state index contributed by atoms with van der Waals surface area (Å²) < 4.78 is 0. The summed E-state index contributed by atoms with van der Waals surface area (Å²) in [7, 11) is 1.87. The summed E-state index contributed by atoms with van der Waals surface area (Å²) in [6, 6.07) is 8.60. The van der Waals surface area contributed by atoms with Crippen LogP contribution in [0.4, 0.5) is 5.69 Å². The number of nitrogens with one attached hydrogen (secondary N) is 1. The number of carbonyl (C=O) groups excluding carboxylic acids is 1. The predicted molar refractivity (Wildman–Crippen MR) is 70.5 cm³/mol. The summed E-state index contributed by atoms with van der Waals surface area (Å²) in [5, 5.41) is 3.13. The molecule has 1 aliphatic heterocycles. The number of fused-ring (bicyclic) bond motifs is 1. The second-order valence-electron chi connectivity index (χ2n) is 4.56. The SMILES string of the molecule is CNC1CSc2ccccc2N(C2CC2)C1=O. The van der Waals surface area contributed by atoms with Crippen LogP contribution in [0.3, 0.4) is 0 Å². The average molecular weight is 248 g/mol. The Morgan fingerprint density at radius 2 is 2.12 bits per heavy atom. The number of para-hydroxylation sites is 1. The Labute approximate surface area is 106 Å². The maximum atomic E-state index is 12.5. The molecule has 1 heterocycles. The Kier molecular flexibility index (Phi) is 2.84. The van der Waals surface area contributed by atoms with Crippen LogP contribution in [0.5, 0.6) is 0 Å². The zero-order valence-electron chi connectivity index (χ0n) is 9.85. The highest BCUT2D eigenvalue weighted by Crippen LogP contribution is 2.40. The number of hydrogen-bond donors (Lipinski definition) is 1. The zero-order valence-corrected chi connectivity index (χ0v) is 10.7. The first-order valence-corrected chi connectivity index (χ1v) is 7.02. The van der Waals surface area contributed by atoms with Crippen LogP contribution in [0.15, 0.2) is 29.2 Å². The fourth-order valence-corrected chi connectivity index (χ4v) is 3.37. The topological polar surface area (TPSA) is 32.3 Å². The molecule has 0 spiro atoms. The van der Waals surface area contributed by atoms with Crippen LogP contribution in [-0.4, -0.2) is 30.8 Å². The number of nitrogens with zero attached hydrogens (tertiary/aromatic N) is 1. The molecule has 0 radical (unpaired) electrons. The number of likely N-dealkylation sites (N-methyl/N-ethyl adjacent to an activating group) is 1. The molecule has 1 saturated carbocycles. The summed E-state index contributed by atoms with van der Waals surface area (Å²) >= 11 is 1.77. The third-order valence-electron chi connectivity index (χ3n) is 3.33. The monoisotopic (exact) mass is 248 g/mol. The summed E-state index contributed by atoms with van der Waals surface area (Å²) in [4.78, 5) is 15.7. The molecule has 0 saturated heterocycles. The van der Waals surface area contributed by atoms with Crippen molar-refractivity contribution < 1.29 is 4.79 Å². The Bertz CT molecular complexity index is 445. The lowest BCUT2D eigenvalue weighted by Crippen LogP contribution is -2.46. The largest absolute Gasteiger partial charge is 0.308 e. The lowest BCUT2D eigenvalue weighted by atomic mass is 10.2. The normalized spacial score (nSPS) is 24.4. The Morgan fingerprint density at radius 1 is 1.35 bits per heavy atom. The van der Waals surface area contributed by atoms with Gasteiger partial charge in [-0.15, -0.1) is 11.8 Å². The predicted octanol–water partition coefficient (Wildman–Crippen LogP) is 1.88. The molecule has 2 aliphatic rings. The third-order valence-corrected chi connectivity index (χ3v) is 4.48. The molecule has 1 fully saturated rings. The van der Waals surface area contributed by atoms with Gasteiger partial charge in [0.25, 0.3) is 0 Å². The van der Waals surface area contributed by atoms with E-state index in [4.69, 9.17) is 0 Å².